The van der Waals surface area contributed by atoms with Crippen LogP contribution in [0.5, 0.6) is 0 Å². The number of rotatable bonds is 0. The number of hydrogen-bond acceptors (Lipinski definition) is 3. The fourth-order valence-corrected chi connectivity index (χ4v) is 3.56. The molecule has 2 saturated heterocycles. The molecule has 3 atom stereocenters. The lowest BCUT2D eigenvalue weighted by atomic mass is 9.94. The maximum absolute atomic E-state index is 5.95. The molecule has 0 radical (unpaired) electrons. The average molecular weight is 172 g/mol. The Balaban J connectivity index is 2.07. The third-order valence-corrected chi connectivity index (χ3v) is 4.16. The Hall–Kier alpha value is 0.270. The lowest BCUT2D eigenvalue weighted by molar-refractivity contribution is 0.123. The van der Waals surface area contributed by atoms with Crippen molar-refractivity contribution in [2.75, 3.05) is 18.6 Å². The van der Waals surface area contributed by atoms with Gasteiger partial charge >= 0.3 is 0 Å². The first-order chi connectivity index (χ1) is 5.27. The van der Waals surface area contributed by atoms with Crippen molar-refractivity contribution in [3.05, 3.63) is 0 Å². The molecular formula is C8H16N2S. The van der Waals surface area contributed by atoms with E-state index in [0.29, 0.717) is 6.04 Å². The molecule has 2 nitrogen and oxygen atoms in total. The average Bonchev–Trinajstić information content (AvgIpc) is 1.92. The highest BCUT2D eigenvalue weighted by Gasteiger charge is 2.34. The quantitative estimate of drug-likeness (QED) is 0.578. The van der Waals surface area contributed by atoms with Gasteiger partial charge in [0.15, 0.2) is 0 Å². The van der Waals surface area contributed by atoms with E-state index in [4.69, 9.17) is 5.73 Å². The van der Waals surface area contributed by atoms with Gasteiger partial charge in [-0.1, -0.05) is 0 Å². The Bertz CT molecular complexity index is 137. The van der Waals surface area contributed by atoms with Crippen molar-refractivity contribution >= 4 is 11.8 Å². The van der Waals surface area contributed by atoms with Crippen molar-refractivity contribution in [3.63, 3.8) is 0 Å². The largest absolute Gasteiger partial charge is 0.328 e. The molecule has 0 aromatic rings. The van der Waals surface area contributed by atoms with Crippen LogP contribution >= 0.6 is 11.8 Å². The summed E-state index contributed by atoms with van der Waals surface area (Å²) in [6.45, 7) is 0. The fraction of sp³-hybridized carbons (Fsp3) is 1.00. The van der Waals surface area contributed by atoms with Gasteiger partial charge < -0.3 is 5.73 Å². The number of nitrogens with two attached hydrogens (primary N) is 1. The Morgan fingerprint density at radius 2 is 1.82 bits per heavy atom. The standard InChI is InChI=1S/C8H16N2S/c1-10-7-2-6(9)3-8(10)5-11-4-7/h6-8H,2-5,9H2,1H3/t6?,7-,8+. The zero-order valence-corrected chi connectivity index (χ0v) is 7.81. The first-order valence-corrected chi connectivity index (χ1v) is 5.48. The fourth-order valence-electron chi connectivity index (χ4n) is 2.14. The van der Waals surface area contributed by atoms with Crippen molar-refractivity contribution in [1.29, 1.82) is 0 Å². The number of piperidine rings is 1. The predicted molar refractivity (Wildman–Crippen MR) is 49.9 cm³/mol. The Labute approximate surface area is 72.5 Å². The molecule has 3 heteroatoms. The number of nitrogens with zero attached hydrogens (tertiary/aromatic N) is 1. The van der Waals surface area contributed by atoms with Crippen LogP contribution in [-0.4, -0.2) is 41.6 Å². The molecule has 2 aliphatic heterocycles. The Morgan fingerprint density at radius 1 is 1.27 bits per heavy atom. The van der Waals surface area contributed by atoms with Gasteiger partial charge in [0, 0.05) is 29.6 Å². The van der Waals surface area contributed by atoms with Crippen molar-refractivity contribution in [2.24, 2.45) is 5.73 Å². The molecule has 0 aromatic carbocycles. The van der Waals surface area contributed by atoms with Gasteiger partial charge in [-0.25, -0.2) is 0 Å². The van der Waals surface area contributed by atoms with Crippen LogP contribution in [0.15, 0.2) is 0 Å². The van der Waals surface area contributed by atoms with E-state index in [9.17, 15) is 0 Å². The molecule has 0 spiro atoms. The van der Waals surface area contributed by atoms with Crippen LogP contribution in [0.2, 0.25) is 0 Å². The molecule has 11 heavy (non-hydrogen) atoms. The predicted octanol–water partition coefficient (Wildman–Crippen LogP) is 0.523. The van der Waals surface area contributed by atoms with Crippen LogP contribution in [-0.2, 0) is 0 Å². The first-order valence-electron chi connectivity index (χ1n) is 4.32. The van der Waals surface area contributed by atoms with Crippen LogP contribution in [0.3, 0.4) is 0 Å². The molecule has 2 aliphatic rings. The normalized spacial score (nSPS) is 45.8. The molecule has 0 aromatic heterocycles. The van der Waals surface area contributed by atoms with Crippen molar-refractivity contribution < 1.29 is 0 Å². The third kappa shape index (κ3) is 1.42. The zero-order valence-electron chi connectivity index (χ0n) is 6.99. The molecule has 2 rings (SSSR count). The third-order valence-electron chi connectivity index (χ3n) is 2.92. The molecule has 1 unspecified atom stereocenters. The second-order valence-electron chi connectivity index (χ2n) is 3.74. The highest BCUT2D eigenvalue weighted by Crippen LogP contribution is 2.30. The van der Waals surface area contributed by atoms with Gasteiger partial charge in [-0.15, -0.1) is 0 Å². The van der Waals surface area contributed by atoms with E-state index >= 15 is 0 Å². The number of thioether (sulfide) groups is 1. The highest BCUT2D eigenvalue weighted by atomic mass is 32.2. The molecule has 2 N–H and O–H groups in total. The molecule has 64 valence electrons. The summed E-state index contributed by atoms with van der Waals surface area (Å²) in [4.78, 5) is 2.53. The van der Waals surface area contributed by atoms with E-state index in [0.717, 1.165) is 12.1 Å². The summed E-state index contributed by atoms with van der Waals surface area (Å²) >= 11 is 2.10. The summed E-state index contributed by atoms with van der Waals surface area (Å²) in [5, 5.41) is 0. The van der Waals surface area contributed by atoms with Gasteiger partial charge in [0.25, 0.3) is 0 Å². The molecule has 2 fully saturated rings. The molecular weight excluding hydrogens is 156 g/mol. The second kappa shape index (κ2) is 2.96. The molecule has 2 bridgehead atoms. The van der Waals surface area contributed by atoms with Gasteiger partial charge in [-0.05, 0) is 19.9 Å². The smallest absolute Gasteiger partial charge is 0.0201 e. The van der Waals surface area contributed by atoms with Gasteiger partial charge in [0.1, 0.15) is 0 Å². The van der Waals surface area contributed by atoms with Crippen molar-refractivity contribution in [1.82, 2.24) is 4.90 Å². The Morgan fingerprint density at radius 3 is 2.36 bits per heavy atom. The number of fused-ring (bicyclic) bond motifs is 2. The maximum atomic E-state index is 5.95. The van der Waals surface area contributed by atoms with Crippen LogP contribution in [0.25, 0.3) is 0 Å². The van der Waals surface area contributed by atoms with Crippen LogP contribution in [0.4, 0.5) is 0 Å². The lowest BCUT2D eigenvalue weighted by Crippen LogP contribution is -2.55. The molecule has 2 heterocycles. The first kappa shape index (κ1) is 7.90. The van der Waals surface area contributed by atoms with Crippen molar-refractivity contribution in [3.8, 4) is 0 Å². The van der Waals surface area contributed by atoms with E-state index in [2.05, 4.69) is 23.7 Å². The van der Waals surface area contributed by atoms with Crippen LogP contribution < -0.4 is 5.73 Å². The van der Waals surface area contributed by atoms with Crippen molar-refractivity contribution in [2.45, 2.75) is 31.0 Å². The highest BCUT2D eigenvalue weighted by molar-refractivity contribution is 7.99. The van der Waals surface area contributed by atoms with E-state index in [1.807, 2.05) is 0 Å². The molecule has 0 saturated carbocycles. The van der Waals surface area contributed by atoms with Gasteiger partial charge in [0.05, 0.1) is 0 Å². The topological polar surface area (TPSA) is 29.3 Å². The van der Waals surface area contributed by atoms with Gasteiger partial charge in [-0.3, -0.25) is 4.90 Å². The maximum Gasteiger partial charge on any atom is 0.0201 e. The minimum absolute atomic E-state index is 0.474. The monoisotopic (exact) mass is 172 g/mol. The SMILES string of the molecule is CN1[C@@H]2CSC[C@H]1CC(N)C2. The minimum atomic E-state index is 0.474. The summed E-state index contributed by atoms with van der Waals surface area (Å²) in [6.07, 6.45) is 2.42. The Kier molecular flexibility index (Phi) is 2.12. The lowest BCUT2D eigenvalue weighted by Gasteiger charge is -2.45. The summed E-state index contributed by atoms with van der Waals surface area (Å²) in [7, 11) is 2.25. The van der Waals surface area contributed by atoms with Crippen LogP contribution in [0.1, 0.15) is 12.8 Å². The zero-order chi connectivity index (χ0) is 7.84. The van der Waals surface area contributed by atoms with E-state index in [1.54, 1.807) is 0 Å². The van der Waals surface area contributed by atoms with E-state index in [-0.39, 0.29) is 0 Å². The summed E-state index contributed by atoms with van der Waals surface area (Å²) in [5.41, 5.74) is 5.95. The minimum Gasteiger partial charge on any atom is -0.328 e. The summed E-state index contributed by atoms with van der Waals surface area (Å²) in [5.74, 6) is 2.58. The molecule has 0 amide bonds. The molecule has 0 aliphatic carbocycles. The van der Waals surface area contributed by atoms with Gasteiger partial charge in [0.2, 0.25) is 0 Å². The summed E-state index contributed by atoms with van der Waals surface area (Å²) < 4.78 is 0. The van der Waals surface area contributed by atoms with E-state index in [1.165, 1.54) is 24.3 Å². The van der Waals surface area contributed by atoms with Crippen LogP contribution in [0, 0.1) is 0 Å². The van der Waals surface area contributed by atoms with Gasteiger partial charge in [-0.2, -0.15) is 11.8 Å². The number of hydrogen-bond donors (Lipinski definition) is 1. The summed E-state index contributed by atoms with van der Waals surface area (Å²) in [6, 6.07) is 2.01. The van der Waals surface area contributed by atoms with E-state index < -0.39 is 0 Å². The second-order valence-corrected chi connectivity index (χ2v) is 4.82.